The van der Waals surface area contributed by atoms with Crippen molar-refractivity contribution >= 4 is 44.6 Å². The minimum absolute atomic E-state index is 0.217. The summed E-state index contributed by atoms with van der Waals surface area (Å²) in [4.78, 5) is 8.06. The molecule has 0 spiro atoms. The molecule has 112 valence electrons. The van der Waals surface area contributed by atoms with Crippen molar-refractivity contribution in [1.82, 2.24) is 9.97 Å². The van der Waals surface area contributed by atoms with Crippen LogP contribution in [0.2, 0.25) is 5.15 Å². The van der Waals surface area contributed by atoms with Crippen molar-refractivity contribution in [2.75, 3.05) is 10.8 Å². The first-order valence-corrected chi connectivity index (χ1v) is 8.38. The van der Waals surface area contributed by atoms with Crippen LogP contribution in [0.1, 0.15) is 13.3 Å². The number of nitrogens with zero attached hydrogens (tertiary/aromatic N) is 3. The minimum Gasteiger partial charge on any atom is -0.755 e. The standard InChI is InChI=1S/C13H13BrClN3O2S/c1-2-7-18(21(19)20)13-11(12(15)16-8-17-13)9-3-5-10(14)6-4-9/h3-6,8H,2,7H2,1H3,(H,19,20)/p-1. The van der Waals surface area contributed by atoms with Gasteiger partial charge in [0.1, 0.15) is 11.5 Å². The molecule has 5 nitrogen and oxygen atoms in total. The molecule has 0 aliphatic carbocycles. The van der Waals surface area contributed by atoms with Crippen LogP contribution >= 0.6 is 27.5 Å². The third-order valence-corrected chi connectivity index (χ3v) is 4.29. The van der Waals surface area contributed by atoms with Crippen molar-refractivity contribution in [3.63, 3.8) is 0 Å². The Bertz CT molecular complexity index is 654. The van der Waals surface area contributed by atoms with Gasteiger partial charge in [-0.15, -0.1) is 0 Å². The van der Waals surface area contributed by atoms with Crippen molar-refractivity contribution in [3.05, 3.63) is 40.2 Å². The molecular weight excluding hydrogens is 378 g/mol. The molecule has 1 aromatic heterocycles. The van der Waals surface area contributed by atoms with Crippen LogP contribution in [0.25, 0.3) is 11.1 Å². The summed E-state index contributed by atoms with van der Waals surface area (Å²) in [5.41, 5.74) is 1.26. The number of rotatable bonds is 5. The summed E-state index contributed by atoms with van der Waals surface area (Å²) >= 11 is 7.10. The van der Waals surface area contributed by atoms with Crippen LogP contribution < -0.4 is 4.31 Å². The van der Waals surface area contributed by atoms with E-state index in [-0.39, 0.29) is 11.0 Å². The van der Waals surface area contributed by atoms with Crippen molar-refractivity contribution in [2.45, 2.75) is 13.3 Å². The normalized spacial score (nSPS) is 12.2. The second-order valence-electron chi connectivity index (χ2n) is 4.19. The maximum Gasteiger partial charge on any atom is 0.152 e. The molecular formula is C13H12BrClN3O2S-. The van der Waals surface area contributed by atoms with Gasteiger partial charge in [-0.3, -0.25) is 8.51 Å². The predicted octanol–water partition coefficient (Wildman–Crippen LogP) is 3.57. The second kappa shape index (κ2) is 7.31. The molecule has 2 aromatic rings. The van der Waals surface area contributed by atoms with Gasteiger partial charge in [-0.05, 0) is 24.1 Å². The second-order valence-corrected chi connectivity index (χ2v) is 6.34. The lowest BCUT2D eigenvalue weighted by atomic mass is 10.1. The van der Waals surface area contributed by atoms with Crippen LogP contribution in [0.4, 0.5) is 5.82 Å². The number of benzene rings is 1. The summed E-state index contributed by atoms with van der Waals surface area (Å²) in [5.74, 6) is 0.285. The number of anilines is 1. The highest BCUT2D eigenvalue weighted by molar-refractivity contribution is 9.10. The van der Waals surface area contributed by atoms with Crippen LogP contribution in [-0.2, 0) is 11.3 Å². The van der Waals surface area contributed by atoms with Gasteiger partial charge in [-0.1, -0.05) is 46.6 Å². The highest BCUT2D eigenvalue weighted by Crippen LogP contribution is 2.35. The number of halogens is 2. The van der Waals surface area contributed by atoms with Gasteiger partial charge >= 0.3 is 0 Å². The third kappa shape index (κ3) is 3.79. The first-order valence-electron chi connectivity index (χ1n) is 6.18. The molecule has 1 atom stereocenters. The van der Waals surface area contributed by atoms with Gasteiger partial charge in [0.25, 0.3) is 0 Å². The number of hydrogen-bond donors (Lipinski definition) is 0. The van der Waals surface area contributed by atoms with E-state index in [1.165, 1.54) is 10.6 Å². The first-order chi connectivity index (χ1) is 10.0. The molecule has 0 N–H and O–H groups in total. The molecule has 0 radical (unpaired) electrons. The van der Waals surface area contributed by atoms with E-state index in [4.69, 9.17) is 11.6 Å². The van der Waals surface area contributed by atoms with E-state index in [1.807, 2.05) is 31.2 Å². The van der Waals surface area contributed by atoms with E-state index in [2.05, 4.69) is 25.9 Å². The summed E-state index contributed by atoms with van der Waals surface area (Å²) in [6.45, 7) is 2.22. The van der Waals surface area contributed by atoms with Crippen LogP contribution in [0.15, 0.2) is 35.1 Å². The smallest absolute Gasteiger partial charge is 0.152 e. The molecule has 0 saturated heterocycles. The van der Waals surface area contributed by atoms with Crippen molar-refractivity contribution in [1.29, 1.82) is 0 Å². The molecule has 0 bridgehead atoms. The Morgan fingerprint density at radius 3 is 2.57 bits per heavy atom. The maximum atomic E-state index is 11.5. The van der Waals surface area contributed by atoms with Crippen LogP contribution in [0.5, 0.6) is 0 Å². The zero-order chi connectivity index (χ0) is 15.4. The molecule has 0 amide bonds. The Morgan fingerprint density at radius 1 is 1.33 bits per heavy atom. The molecule has 1 unspecified atom stereocenters. The monoisotopic (exact) mass is 388 g/mol. The highest BCUT2D eigenvalue weighted by Gasteiger charge is 2.18. The molecule has 1 heterocycles. The van der Waals surface area contributed by atoms with E-state index in [9.17, 15) is 8.76 Å². The molecule has 0 aliphatic heterocycles. The largest absolute Gasteiger partial charge is 0.755 e. The van der Waals surface area contributed by atoms with Crippen LogP contribution in [0, 0.1) is 0 Å². The van der Waals surface area contributed by atoms with Crippen molar-refractivity contribution in [3.8, 4) is 11.1 Å². The van der Waals surface area contributed by atoms with Gasteiger partial charge in [-0.2, -0.15) is 0 Å². The Balaban J connectivity index is 2.59. The molecule has 2 rings (SSSR count). The average Bonchev–Trinajstić information content (AvgIpc) is 2.45. The van der Waals surface area contributed by atoms with Gasteiger partial charge in [0, 0.05) is 22.3 Å². The molecule has 0 fully saturated rings. The molecule has 0 aliphatic rings. The highest BCUT2D eigenvalue weighted by atomic mass is 79.9. The third-order valence-electron chi connectivity index (χ3n) is 2.76. The quantitative estimate of drug-likeness (QED) is 0.579. The Hall–Kier alpha value is -1.02. The number of aromatic nitrogens is 2. The SMILES string of the molecule is CCCN(c1ncnc(Cl)c1-c1ccc(Br)cc1)S(=O)[O-]. The average molecular weight is 390 g/mol. The lowest BCUT2D eigenvalue weighted by Crippen LogP contribution is -2.27. The summed E-state index contributed by atoms with van der Waals surface area (Å²) in [5, 5.41) is 0.217. The van der Waals surface area contributed by atoms with Gasteiger partial charge in [0.15, 0.2) is 5.82 Å². The summed E-state index contributed by atoms with van der Waals surface area (Å²) in [6.07, 6.45) is 1.92. The Kier molecular flexibility index (Phi) is 5.69. The molecule has 1 aromatic carbocycles. The maximum absolute atomic E-state index is 11.5. The van der Waals surface area contributed by atoms with Gasteiger partial charge in [0.05, 0.1) is 5.56 Å². The van der Waals surface area contributed by atoms with Gasteiger partial charge in [-0.25, -0.2) is 9.97 Å². The molecule has 21 heavy (non-hydrogen) atoms. The van der Waals surface area contributed by atoms with Crippen molar-refractivity contribution in [2.24, 2.45) is 0 Å². The fourth-order valence-corrected chi connectivity index (χ4v) is 2.98. The number of hydrogen-bond acceptors (Lipinski definition) is 4. The first kappa shape index (κ1) is 16.4. The summed E-state index contributed by atoms with van der Waals surface area (Å²) in [6, 6.07) is 7.35. The Labute approximate surface area is 138 Å². The Morgan fingerprint density at radius 2 is 2.00 bits per heavy atom. The minimum atomic E-state index is -2.43. The van der Waals surface area contributed by atoms with E-state index < -0.39 is 11.3 Å². The van der Waals surface area contributed by atoms with Crippen LogP contribution in [0.3, 0.4) is 0 Å². The lowest BCUT2D eigenvalue weighted by molar-refractivity contribution is 0.531. The van der Waals surface area contributed by atoms with Crippen LogP contribution in [-0.4, -0.2) is 25.3 Å². The van der Waals surface area contributed by atoms with Crippen molar-refractivity contribution < 1.29 is 8.76 Å². The fraction of sp³-hybridized carbons (Fsp3) is 0.231. The fourth-order valence-electron chi connectivity index (χ4n) is 1.86. The summed E-state index contributed by atoms with van der Waals surface area (Å²) < 4.78 is 25.0. The van der Waals surface area contributed by atoms with Gasteiger partial charge in [0.2, 0.25) is 0 Å². The van der Waals surface area contributed by atoms with Gasteiger partial charge < -0.3 is 4.55 Å². The molecule has 8 heteroatoms. The molecule has 0 saturated carbocycles. The zero-order valence-electron chi connectivity index (χ0n) is 11.1. The van der Waals surface area contributed by atoms with E-state index >= 15 is 0 Å². The van der Waals surface area contributed by atoms with E-state index in [0.717, 1.165) is 10.0 Å². The zero-order valence-corrected chi connectivity index (χ0v) is 14.3. The lowest BCUT2D eigenvalue weighted by Gasteiger charge is -2.26. The van der Waals surface area contributed by atoms with E-state index in [0.29, 0.717) is 18.5 Å². The predicted molar refractivity (Wildman–Crippen MR) is 86.7 cm³/mol. The summed E-state index contributed by atoms with van der Waals surface area (Å²) in [7, 11) is 0. The van der Waals surface area contributed by atoms with E-state index in [1.54, 1.807) is 0 Å². The topological polar surface area (TPSA) is 69.2 Å².